The van der Waals surface area contributed by atoms with Crippen LogP contribution < -0.4 is 22.0 Å². The van der Waals surface area contributed by atoms with Crippen LogP contribution in [0.15, 0.2) is 23.1 Å². The lowest BCUT2D eigenvalue weighted by Crippen LogP contribution is -3.07. The van der Waals surface area contributed by atoms with E-state index in [-0.39, 0.29) is 32.8 Å². The van der Waals surface area contributed by atoms with Crippen LogP contribution in [0.4, 0.5) is 0 Å². The first-order chi connectivity index (χ1) is 9.05. The fourth-order valence-electron chi connectivity index (χ4n) is 2.08. The summed E-state index contributed by atoms with van der Waals surface area (Å²) in [7, 11) is 0.406. The standard InChI is InChI=1S/C13H20Cl2N2O2S.ClH/c1-13(2,9-17(3)4)8-16-20(18,19)11-7-5-6-10(14)12(11)15;/h5-7,16H,8-9H2,1-4H3;1H. The van der Waals surface area contributed by atoms with E-state index in [2.05, 4.69) is 4.72 Å². The second-order valence-electron chi connectivity index (χ2n) is 5.92. The number of hydrogen-bond donors (Lipinski definition) is 2. The van der Waals surface area contributed by atoms with Crippen LogP contribution in [0.3, 0.4) is 0 Å². The van der Waals surface area contributed by atoms with Gasteiger partial charge < -0.3 is 17.3 Å². The molecule has 8 heteroatoms. The number of rotatable bonds is 6. The van der Waals surface area contributed by atoms with Crippen LogP contribution in [0.1, 0.15) is 13.8 Å². The van der Waals surface area contributed by atoms with Crippen LogP contribution in [-0.2, 0) is 10.0 Å². The van der Waals surface area contributed by atoms with Crippen molar-refractivity contribution in [3.8, 4) is 0 Å². The molecule has 4 nitrogen and oxygen atoms in total. The number of halogens is 3. The Morgan fingerprint density at radius 3 is 2.33 bits per heavy atom. The average molecular weight is 376 g/mol. The molecule has 0 aliphatic rings. The summed E-state index contributed by atoms with van der Waals surface area (Å²) in [5, 5.41) is 0.282. The Labute approximate surface area is 143 Å². The predicted molar refractivity (Wildman–Crippen MR) is 83.1 cm³/mol. The maximum Gasteiger partial charge on any atom is 0.242 e. The maximum absolute atomic E-state index is 12.3. The molecule has 1 aromatic carbocycles. The lowest BCUT2D eigenvalue weighted by atomic mass is 9.93. The van der Waals surface area contributed by atoms with E-state index < -0.39 is 10.0 Å². The van der Waals surface area contributed by atoms with Crippen molar-refractivity contribution in [3.63, 3.8) is 0 Å². The smallest absolute Gasteiger partial charge is 0.242 e. The van der Waals surface area contributed by atoms with Gasteiger partial charge in [0, 0.05) is 12.0 Å². The number of hydrogen-bond acceptors (Lipinski definition) is 2. The monoisotopic (exact) mass is 374 g/mol. The molecule has 0 amide bonds. The van der Waals surface area contributed by atoms with E-state index in [1.165, 1.54) is 11.0 Å². The topological polar surface area (TPSA) is 50.6 Å². The summed E-state index contributed by atoms with van der Waals surface area (Å²) < 4.78 is 27.2. The molecule has 0 saturated heterocycles. The van der Waals surface area contributed by atoms with Gasteiger partial charge >= 0.3 is 0 Å². The molecular weight excluding hydrogens is 355 g/mol. The minimum absolute atomic E-state index is 0. The van der Waals surface area contributed by atoms with Gasteiger partial charge in [0.1, 0.15) is 4.90 Å². The summed E-state index contributed by atoms with van der Waals surface area (Å²) in [6.07, 6.45) is 0. The molecule has 1 rings (SSSR count). The van der Waals surface area contributed by atoms with Crippen molar-refractivity contribution in [2.24, 2.45) is 5.41 Å². The zero-order valence-corrected chi connectivity index (χ0v) is 15.6. The second kappa shape index (κ2) is 7.99. The van der Waals surface area contributed by atoms with Crippen molar-refractivity contribution in [3.05, 3.63) is 28.2 Å². The van der Waals surface area contributed by atoms with E-state index in [9.17, 15) is 8.42 Å². The fraction of sp³-hybridized carbons (Fsp3) is 0.538. The van der Waals surface area contributed by atoms with Crippen molar-refractivity contribution in [2.75, 3.05) is 27.2 Å². The van der Waals surface area contributed by atoms with Gasteiger partial charge in [-0.25, -0.2) is 13.1 Å². The SMILES string of the molecule is C[NH+](C)CC(C)(C)CNS(=O)(=O)c1cccc(Cl)c1Cl.[Cl-]. The molecule has 0 radical (unpaired) electrons. The molecular formula is C13H21Cl3N2O2S. The lowest BCUT2D eigenvalue weighted by Gasteiger charge is -2.26. The Morgan fingerprint density at radius 1 is 1.24 bits per heavy atom. The van der Waals surface area contributed by atoms with Gasteiger partial charge in [-0.05, 0) is 12.1 Å². The number of quaternary nitrogens is 1. The first kappa shape index (κ1) is 21.0. The van der Waals surface area contributed by atoms with Crippen LogP contribution in [0.25, 0.3) is 0 Å². The third-order valence-electron chi connectivity index (χ3n) is 2.78. The third kappa shape index (κ3) is 6.30. The fourth-order valence-corrected chi connectivity index (χ4v) is 4.08. The molecule has 122 valence electrons. The maximum atomic E-state index is 12.3. The molecule has 0 unspecified atom stereocenters. The largest absolute Gasteiger partial charge is 1.00 e. The Hall–Kier alpha value is -0.0400. The van der Waals surface area contributed by atoms with Crippen molar-refractivity contribution >= 4 is 33.2 Å². The number of benzene rings is 1. The first-order valence-corrected chi connectivity index (χ1v) is 8.52. The van der Waals surface area contributed by atoms with Crippen LogP contribution >= 0.6 is 23.2 Å². The highest BCUT2D eigenvalue weighted by Crippen LogP contribution is 2.29. The third-order valence-corrected chi connectivity index (χ3v) is 5.15. The van der Waals surface area contributed by atoms with Crippen molar-refractivity contribution in [1.29, 1.82) is 0 Å². The zero-order valence-electron chi connectivity index (χ0n) is 12.5. The lowest BCUT2D eigenvalue weighted by molar-refractivity contribution is -0.865. The highest BCUT2D eigenvalue weighted by Gasteiger charge is 2.26. The summed E-state index contributed by atoms with van der Waals surface area (Å²) in [5.74, 6) is 0. The van der Waals surface area contributed by atoms with Crippen molar-refractivity contribution in [2.45, 2.75) is 18.7 Å². The molecule has 0 fully saturated rings. The van der Waals surface area contributed by atoms with Gasteiger partial charge in [-0.15, -0.1) is 0 Å². The minimum atomic E-state index is -3.66. The van der Waals surface area contributed by atoms with Gasteiger partial charge in [0.2, 0.25) is 10.0 Å². The Bertz CT molecular complexity index is 575. The predicted octanol–water partition coefficient (Wildman–Crippen LogP) is -1.55. The minimum Gasteiger partial charge on any atom is -1.00 e. The molecule has 0 spiro atoms. The van der Waals surface area contributed by atoms with Crippen molar-refractivity contribution in [1.82, 2.24) is 4.72 Å². The molecule has 0 atom stereocenters. The summed E-state index contributed by atoms with van der Waals surface area (Å²) in [6, 6.07) is 4.57. The summed E-state index contributed by atoms with van der Waals surface area (Å²) >= 11 is 11.8. The zero-order chi connectivity index (χ0) is 15.6. The number of nitrogens with one attached hydrogen (secondary N) is 2. The molecule has 21 heavy (non-hydrogen) atoms. The van der Waals surface area contributed by atoms with E-state index in [4.69, 9.17) is 23.2 Å². The molecule has 0 aromatic heterocycles. The summed E-state index contributed by atoms with van der Waals surface area (Å²) in [5.41, 5.74) is -0.156. The summed E-state index contributed by atoms with van der Waals surface area (Å²) in [6.45, 7) is 5.21. The highest BCUT2D eigenvalue weighted by atomic mass is 35.5. The molecule has 0 aliphatic heterocycles. The van der Waals surface area contributed by atoms with Gasteiger partial charge in [-0.2, -0.15) is 0 Å². The van der Waals surface area contributed by atoms with Crippen LogP contribution in [0, 0.1) is 5.41 Å². The van der Waals surface area contributed by atoms with E-state index >= 15 is 0 Å². The molecule has 0 saturated carbocycles. The van der Waals surface area contributed by atoms with Gasteiger partial charge in [0.25, 0.3) is 0 Å². The number of sulfonamides is 1. The highest BCUT2D eigenvalue weighted by molar-refractivity contribution is 7.89. The van der Waals surface area contributed by atoms with Gasteiger partial charge in [-0.1, -0.05) is 43.1 Å². The molecule has 0 bridgehead atoms. The van der Waals surface area contributed by atoms with E-state index in [1.54, 1.807) is 12.1 Å². The Morgan fingerprint density at radius 2 is 1.81 bits per heavy atom. The Balaban J connectivity index is 0.00000400. The summed E-state index contributed by atoms with van der Waals surface area (Å²) in [4.78, 5) is 1.27. The molecule has 1 aromatic rings. The quantitative estimate of drug-likeness (QED) is 0.632. The Kier molecular flexibility index (Phi) is 7.98. The van der Waals surface area contributed by atoms with E-state index in [0.717, 1.165) is 6.54 Å². The van der Waals surface area contributed by atoms with Gasteiger partial charge in [-0.3, -0.25) is 0 Å². The van der Waals surface area contributed by atoms with Crippen LogP contribution in [-0.4, -0.2) is 35.6 Å². The average Bonchev–Trinajstić information content (AvgIpc) is 2.29. The van der Waals surface area contributed by atoms with Crippen LogP contribution in [0.2, 0.25) is 10.0 Å². The normalized spacial score (nSPS) is 12.3. The van der Waals surface area contributed by atoms with Gasteiger partial charge in [0.05, 0.1) is 30.7 Å². The first-order valence-electron chi connectivity index (χ1n) is 6.28. The van der Waals surface area contributed by atoms with Crippen LogP contribution in [0.5, 0.6) is 0 Å². The van der Waals surface area contributed by atoms with E-state index in [1.807, 2.05) is 27.9 Å². The molecule has 0 aliphatic carbocycles. The molecule has 2 N–H and O–H groups in total. The van der Waals surface area contributed by atoms with Crippen molar-refractivity contribution < 1.29 is 25.7 Å². The van der Waals surface area contributed by atoms with E-state index in [0.29, 0.717) is 6.54 Å². The second-order valence-corrected chi connectivity index (χ2v) is 8.45. The molecule has 0 heterocycles. The van der Waals surface area contributed by atoms with Gasteiger partial charge in [0.15, 0.2) is 0 Å².